The summed E-state index contributed by atoms with van der Waals surface area (Å²) in [5, 5.41) is 3.43. The normalized spacial score (nSPS) is 11.0. The zero-order valence-electron chi connectivity index (χ0n) is 11.3. The maximum Gasteiger partial charge on any atom is 0.132 e. The summed E-state index contributed by atoms with van der Waals surface area (Å²) in [5.41, 5.74) is 0. The molecule has 0 fully saturated rings. The third-order valence-corrected chi connectivity index (χ3v) is 2.83. The Hall–Kier alpha value is -0.370. The summed E-state index contributed by atoms with van der Waals surface area (Å²) >= 11 is 0. The van der Waals surface area contributed by atoms with Crippen LogP contribution in [0.1, 0.15) is 73.6 Å². The van der Waals surface area contributed by atoms with Gasteiger partial charge in [-0.2, -0.15) is 0 Å². The Labute approximate surface area is 103 Å². The molecule has 0 aliphatic rings. The van der Waals surface area contributed by atoms with Crippen LogP contribution in [-0.2, 0) is 4.79 Å². The standard InChI is InChI=1S/C14H29NO.H2/c1-4-14(16)11-9-7-5-6-8-10-12-15-13(2)3;/h13,15H,4-12H2,1-3H3;1H. The molecule has 0 aromatic rings. The molecule has 0 bridgehead atoms. The van der Waals surface area contributed by atoms with Crippen LogP contribution in [0.3, 0.4) is 0 Å². The van der Waals surface area contributed by atoms with Crippen molar-refractivity contribution in [1.82, 2.24) is 5.32 Å². The van der Waals surface area contributed by atoms with Crippen molar-refractivity contribution in [3.63, 3.8) is 0 Å². The average molecular weight is 229 g/mol. The first kappa shape index (κ1) is 15.6. The van der Waals surface area contributed by atoms with Crippen molar-refractivity contribution < 1.29 is 6.22 Å². The summed E-state index contributed by atoms with van der Waals surface area (Å²) in [7, 11) is 0. The minimum Gasteiger partial charge on any atom is -0.315 e. The minimum absolute atomic E-state index is 0. The molecule has 0 atom stereocenters. The first-order chi connectivity index (χ1) is 7.66. The smallest absolute Gasteiger partial charge is 0.132 e. The Balaban J connectivity index is 0. The van der Waals surface area contributed by atoms with Crippen LogP contribution < -0.4 is 5.32 Å². The highest BCUT2D eigenvalue weighted by Crippen LogP contribution is 2.07. The predicted octanol–water partition coefficient (Wildman–Crippen LogP) is 3.94. The molecule has 0 radical (unpaired) electrons. The fourth-order valence-corrected chi connectivity index (χ4v) is 1.72. The van der Waals surface area contributed by atoms with E-state index in [1.807, 2.05) is 6.92 Å². The first-order valence-corrected chi connectivity index (χ1v) is 6.92. The lowest BCUT2D eigenvalue weighted by molar-refractivity contribution is -0.118. The highest BCUT2D eigenvalue weighted by Gasteiger charge is 1.97. The van der Waals surface area contributed by atoms with E-state index in [2.05, 4.69) is 19.2 Å². The van der Waals surface area contributed by atoms with Crippen LogP contribution in [0, 0.1) is 0 Å². The van der Waals surface area contributed by atoms with E-state index < -0.39 is 0 Å². The van der Waals surface area contributed by atoms with Gasteiger partial charge in [-0.15, -0.1) is 0 Å². The summed E-state index contributed by atoms with van der Waals surface area (Å²) in [6, 6.07) is 0.611. The van der Waals surface area contributed by atoms with E-state index in [1.165, 1.54) is 32.1 Å². The second kappa shape index (κ2) is 11.1. The number of unbranched alkanes of at least 4 members (excludes halogenated alkanes) is 5. The Morgan fingerprint density at radius 3 is 2.19 bits per heavy atom. The maximum absolute atomic E-state index is 11.0. The Bertz CT molecular complexity index is 172. The van der Waals surface area contributed by atoms with Crippen LogP contribution in [0.4, 0.5) is 0 Å². The molecule has 98 valence electrons. The molecule has 0 rings (SSSR count). The van der Waals surface area contributed by atoms with Crippen LogP contribution in [0.5, 0.6) is 0 Å². The zero-order chi connectivity index (χ0) is 12.2. The van der Waals surface area contributed by atoms with Crippen molar-refractivity contribution in [3.05, 3.63) is 0 Å². The molecule has 0 saturated carbocycles. The largest absolute Gasteiger partial charge is 0.315 e. The van der Waals surface area contributed by atoms with Gasteiger partial charge in [-0.1, -0.05) is 46.5 Å². The first-order valence-electron chi connectivity index (χ1n) is 6.92. The molecule has 0 unspecified atom stereocenters. The van der Waals surface area contributed by atoms with E-state index in [4.69, 9.17) is 0 Å². The van der Waals surface area contributed by atoms with Gasteiger partial charge in [0.05, 0.1) is 0 Å². The van der Waals surface area contributed by atoms with E-state index in [9.17, 15) is 4.79 Å². The quantitative estimate of drug-likeness (QED) is 0.544. The summed E-state index contributed by atoms with van der Waals surface area (Å²) in [5.74, 6) is 0.418. The molecule has 0 aromatic heterocycles. The van der Waals surface area contributed by atoms with E-state index in [-0.39, 0.29) is 1.43 Å². The number of ketones is 1. The lowest BCUT2D eigenvalue weighted by atomic mass is 10.1. The van der Waals surface area contributed by atoms with Gasteiger partial charge in [0.25, 0.3) is 0 Å². The van der Waals surface area contributed by atoms with E-state index in [0.717, 1.165) is 19.4 Å². The molecule has 0 aliphatic heterocycles. The predicted molar refractivity (Wildman–Crippen MR) is 72.9 cm³/mol. The van der Waals surface area contributed by atoms with Gasteiger partial charge < -0.3 is 5.32 Å². The maximum atomic E-state index is 11.0. The van der Waals surface area contributed by atoms with Crippen molar-refractivity contribution in [3.8, 4) is 0 Å². The molecule has 0 heterocycles. The van der Waals surface area contributed by atoms with Crippen LogP contribution in [0.2, 0.25) is 0 Å². The fraction of sp³-hybridized carbons (Fsp3) is 0.929. The minimum atomic E-state index is 0. The van der Waals surface area contributed by atoms with Gasteiger partial charge in [-0.3, -0.25) is 4.79 Å². The summed E-state index contributed by atoms with van der Waals surface area (Å²) in [6.07, 6.45) is 9.04. The fourth-order valence-electron chi connectivity index (χ4n) is 1.72. The molecule has 0 aromatic carbocycles. The third kappa shape index (κ3) is 11.7. The number of Topliss-reactive ketones (excluding diaryl/α,β-unsaturated/α-hetero) is 1. The Kier molecular flexibility index (Phi) is 10.9. The third-order valence-electron chi connectivity index (χ3n) is 2.83. The molecule has 16 heavy (non-hydrogen) atoms. The van der Waals surface area contributed by atoms with Gasteiger partial charge in [0, 0.05) is 20.3 Å². The molecular formula is C14H31NO. The highest BCUT2D eigenvalue weighted by molar-refractivity contribution is 5.77. The van der Waals surface area contributed by atoms with E-state index in [1.54, 1.807) is 0 Å². The molecule has 1 N–H and O–H groups in total. The Morgan fingerprint density at radius 2 is 1.62 bits per heavy atom. The number of nitrogens with one attached hydrogen (secondary N) is 1. The lowest BCUT2D eigenvalue weighted by Gasteiger charge is -2.07. The average Bonchev–Trinajstić information content (AvgIpc) is 2.26. The van der Waals surface area contributed by atoms with Crippen molar-refractivity contribution in [1.29, 1.82) is 0 Å². The van der Waals surface area contributed by atoms with Crippen LogP contribution in [0.25, 0.3) is 0 Å². The van der Waals surface area contributed by atoms with Crippen molar-refractivity contribution >= 4 is 5.78 Å². The van der Waals surface area contributed by atoms with Gasteiger partial charge in [0.1, 0.15) is 5.78 Å². The molecule has 2 nitrogen and oxygen atoms in total. The van der Waals surface area contributed by atoms with Crippen molar-refractivity contribution in [2.24, 2.45) is 0 Å². The van der Waals surface area contributed by atoms with Crippen LogP contribution in [0.15, 0.2) is 0 Å². The van der Waals surface area contributed by atoms with E-state index in [0.29, 0.717) is 18.2 Å². The Morgan fingerprint density at radius 1 is 1.06 bits per heavy atom. The molecule has 0 aliphatic carbocycles. The van der Waals surface area contributed by atoms with Gasteiger partial charge in [0.2, 0.25) is 0 Å². The summed E-state index contributed by atoms with van der Waals surface area (Å²) in [6.45, 7) is 7.46. The topological polar surface area (TPSA) is 29.1 Å². The molecule has 0 saturated heterocycles. The number of hydrogen-bond acceptors (Lipinski definition) is 2. The second-order valence-corrected chi connectivity index (χ2v) is 4.87. The van der Waals surface area contributed by atoms with Crippen LogP contribution >= 0.6 is 0 Å². The molecule has 2 heteroatoms. The number of carbonyl (C=O) groups excluding carboxylic acids is 1. The number of carbonyl (C=O) groups is 1. The highest BCUT2D eigenvalue weighted by atomic mass is 16.1. The summed E-state index contributed by atoms with van der Waals surface area (Å²) in [4.78, 5) is 11.0. The van der Waals surface area contributed by atoms with Gasteiger partial charge >= 0.3 is 0 Å². The monoisotopic (exact) mass is 229 g/mol. The SMILES string of the molecule is CCC(=O)CCCCCCCCNC(C)C.[HH]. The summed E-state index contributed by atoms with van der Waals surface area (Å²) < 4.78 is 0. The second-order valence-electron chi connectivity index (χ2n) is 4.87. The molecule has 0 spiro atoms. The van der Waals surface area contributed by atoms with Gasteiger partial charge in [0.15, 0.2) is 0 Å². The van der Waals surface area contributed by atoms with Crippen molar-refractivity contribution in [2.45, 2.75) is 78.2 Å². The van der Waals surface area contributed by atoms with Crippen LogP contribution in [-0.4, -0.2) is 18.4 Å². The van der Waals surface area contributed by atoms with Gasteiger partial charge in [-0.25, -0.2) is 0 Å². The number of hydrogen-bond donors (Lipinski definition) is 1. The molecule has 0 amide bonds. The zero-order valence-corrected chi connectivity index (χ0v) is 11.3. The van der Waals surface area contributed by atoms with E-state index >= 15 is 0 Å². The molecular weight excluding hydrogens is 198 g/mol. The number of rotatable bonds is 11. The van der Waals surface area contributed by atoms with Crippen molar-refractivity contribution in [2.75, 3.05) is 6.54 Å². The van der Waals surface area contributed by atoms with Gasteiger partial charge in [-0.05, 0) is 19.4 Å². The lowest BCUT2D eigenvalue weighted by Crippen LogP contribution is -2.23.